The van der Waals surface area contributed by atoms with Crippen molar-refractivity contribution in [1.82, 2.24) is 3.59 Å². The fraction of sp³-hybridized carbons (Fsp3) is 0. The van der Waals surface area contributed by atoms with Crippen molar-refractivity contribution < 1.29 is 9.90 Å². The van der Waals surface area contributed by atoms with E-state index in [-0.39, 0.29) is 27.2 Å². The molecule has 0 aliphatic carbocycles. The van der Waals surface area contributed by atoms with Gasteiger partial charge in [0.05, 0.1) is 31.2 Å². The molecule has 0 saturated heterocycles. The predicted octanol–water partition coefficient (Wildman–Crippen LogP) is 4.65. The highest BCUT2D eigenvalue weighted by Gasteiger charge is 2.25. The van der Waals surface area contributed by atoms with E-state index in [2.05, 4.69) is 32.1 Å². The maximum atomic E-state index is 12.3. The highest BCUT2D eigenvalue weighted by Crippen LogP contribution is 2.39. The zero-order valence-electron chi connectivity index (χ0n) is 8.62. The van der Waals surface area contributed by atoms with Crippen molar-refractivity contribution in [1.29, 1.82) is 0 Å². The summed E-state index contributed by atoms with van der Waals surface area (Å²) < 4.78 is 1.66. The van der Waals surface area contributed by atoms with Crippen LogP contribution in [0.25, 0.3) is 0 Å². The summed E-state index contributed by atoms with van der Waals surface area (Å²) in [6.07, 6.45) is 0. The Balaban J connectivity index is 2.61. The van der Waals surface area contributed by atoms with Gasteiger partial charge in [0.1, 0.15) is 16.6 Å². The Kier molecular flexibility index (Phi) is 4.06. The highest BCUT2D eigenvalue weighted by molar-refractivity contribution is 9.10. The number of aromatic nitrogens is 1. The van der Waals surface area contributed by atoms with Crippen LogP contribution >= 0.6 is 55.3 Å². The Bertz CT molecular complexity index is 615. The van der Waals surface area contributed by atoms with Gasteiger partial charge in [-0.15, -0.1) is 0 Å². The van der Waals surface area contributed by atoms with E-state index in [1.54, 1.807) is 12.1 Å². The quantitative estimate of drug-likeness (QED) is 0.728. The van der Waals surface area contributed by atoms with Gasteiger partial charge in [0.2, 0.25) is 5.78 Å². The lowest BCUT2D eigenvalue weighted by Gasteiger charge is -2.04. The summed E-state index contributed by atoms with van der Waals surface area (Å²) >= 11 is 18.2. The number of ketones is 1. The first-order valence-corrected chi connectivity index (χ1v) is 6.95. The molecule has 0 radical (unpaired) electrons. The van der Waals surface area contributed by atoms with Gasteiger partial charge in [-0.3, -0.25) is 8.39 Å². The Morgan fingerprint density at radius 2 is 1.89 bits per heavy atom. The predicted molar refractivity (Wildman–Crippen MR) is 78.0 cm³/mol. The van der Waals surface area contributed by atoms with Crippen molar-refractivity contribution >= 4 is 61.1 Å². The van der Waals surface area contributed by atoms with Crippen LogP contribution in [0.15, 0.2) is 28.7 Å². The van der Waals surface area contributed by atoms with Crippen molar-refractivity contribution in [3.63, 3.8) is 0 Å². The summed E-state index contributed by atoms with van der Waals surface area (Å²) in [7, 11) is 0. The van der Waals surface area contributed by atoms with Crippen LogP contribution in [-0.4, -0.2) is 14.5 Å². The second kappa shape index (κ2) is 5.25. The number of rotatable bonds is 2. The largest absolute Gasteiger partial charge is 0.507 e. The first kappa shape index (κ1) is 13.9. The fourth-order valence-electron chi connectivity index (χ4n) is 1.45. The third-order valence-electron chi connectivity index (χ3n) is 2.31. The maximum absolute atomic E-state index is 12.3. The van der Waals surface area contributed by atoms with Crippen molar-refractivity contribution in [3.05, 3.63) is 50.2 Å². The minimum Gasteiger partial charge on any atom is -0.507 e. The lowest BCUT2D eigenvalue weighted by atomic mass is 10.1. The molecule has 3 nitrogen and oxygen atoms in total. The van der Waals surface area contributed by atoms with Crippen LogP contribution in [0, 0.1) is 0 Å². The van der Waals surface area contributed by atoms with Crippen LogP contribution in [-0.2, 0) is 0 Å². The molecule has 7 heteroatoms. The average Bonchev–Trinajstić information content (AvgIpc) is 2.54. The molecule has 18 heavy (non-hydrogen) atoms. The topological polar surface area (TPSA) is 42.2 Å². The first-order valence-electron chi connectivity index (χ1n) is 4.69. The number of hydrogen-bond acceptors (Lipinski definition) is 2. The van der Waals surface area contributed by atoms with Crippen LogP contribution < -0.4 is 0 Å². The molecule has 0 spiro atoms. The minimum absolute atomic E-state index is 0.102. The summed E-state index contributed by atoms with van der Waals surface area (Å²) in [6.45, 7) is 0. The van der Waals surface area contributed by atoms with Crippen LogP contribution in [0.1, 0.15) is 16.1 Å². The number of para-hydroxylation sites is 1. The number of carbonyl (C=O) groups excluding carboxylic acids is 1. The molecule has 1 N–H and O–H groups in total. The number of hydrogen-bond donors (Lipinski definition) is 1. The van der Waals surface area contributed by atoms with Crippen LogP contribution in [0.2, 0.25) is 10.2 Å². The Morgan fingerprint density at radius 3 is 2.39 bits per heavy atom. The maximum Gasteiger partial charge on any atom is 0.215 e. The molecule has 0 atom stereocenters. The van der Waals surface area contributed by atoms with Gasteiger partial charge in [-0.25, -0.2) is 0 Å². The molecule has 0 aliphatic heterocycles. The molecule has 0 fully saturated rings. The summed E-state index contributed by atoms with van der Waals surface area (Å²) in [5, 5.41) is 10.1. The van der Waals surface area contributed by atoms with Crippen molar-refractivity contribution in [2.45, 2.75) is 0 Å². The minimum atomic E-state index is -0.398. The Morgan fingerprint density at radius 1 is 1.28 bits per heavy atom. The van der Waals surface area contributed by atoms with E-state index >= 15 is 0 Å². The Hall–Kier alpha value is -0.490. The molecule has 0 unspecified atom stereocenters. The molecule has 94 valence electrons. The van der Waals surface area contributed by atoms with Gasteiger partial charge in [-0.1, -0.05) is 35.3 Å². The third-order valence-corrected chi connectivity index (χ3v) is 5.05. The van der Waals surface area contributed by atoms with Gasteiger partial charge < -0.3 is 5.11 Å². The molecule has 0 aliphatic rings. The lowest BCUT2D eigenvalue weighted by Crippen LogP contribution is -2.05. The smallest absolute Gasteiger partial charge is 0.215 e. The van der Waals surface area contributed by atoms with Crippen LogP contribution in [0.4, 0.5) is 0 Å². The average molecular weight is 414 g/mol. The highest BCUT2D eigenvalue weighted by atomic mass is 79.9. The van der Waals surface area contributed by atoms with Crippen molar-refractivity contribution in [2.24, 2.45) is 0 Å². The molecule has 0 bridgehead atoms. The molecule has 0 saturated carbocycles. The zero-order chi connectivity index (χ0) is 13.4. The van der Waals surface area contributed by atoms with E-state index in [4.69, 9.17) is 23.2 Å². The van der Waals surface area contributed by atoms with Crippen molar-refractivity contribution in [2.75, 3.05) is 0 Å². The molecule has 1 heterocycles. The number of carbonyl (C=O) groups is 1. The van der Waals surface area contributed by atoms with E-state index in [1.807, 2.05) is 0 Å². The van der Waals surface area contributed by atoms with Crippen LogP contribution in [0.5, 0.6) is 5.75 Å². The summed E-state index contributed by atoms with van der Waals surface area (Å²) in [6, 6.07) is 6.25. The van der Waals surface area contributed by atoms with Gasteiger partial charge in [0.15, 0.2) is 0 Å². The third kappa shape index (κ3) is 2.20. The zero-order valence-corrected chi connectivity index (χ0v) is 13.3. The number of nitrogens with zero attached hydrogens (tertiary/aromatic N) is 1. The summed E-state index contributed by atoms with van der Waals surface area (Å²) in [5.41, 5.74) is 0.385. The molecule has 0 amide bonds. The van der Waals surface area contributed by atoms with E-state index in [1.165, 1.54) is 15.7 Å². The van der Waals surface area contributed by atoms with Gasteiger partial charge in [-0.05, 0) is 28.1 Å². The Labute approximate surface area is 130 Å². The molecular weight excluding hydrogens is 409 g/mol. The first-order chi connectivity index (χ1) is 8.45. The molecular formula is C11H5Br2Cl2NO2. The summed E-state index contributed by atoms with van der Waals surface area (Å²) in [4.78, 5) is 12.3. The van der Waals surface area contributed by atoms with Crippen molar-refractivity contribution in [3.8, 4) is 5.75 Å². The van der Waals surface area contributed by atoms with Gasteiger partial charge in [-0.2, -0.15) is 0 Å². The monoisotopic (exact) mass is 411 g/mol. The molecule has 1 aromatic heterocycles. The van der Waals surface area contributed by atoms with Gasteiger partial charge >= 0.3 is 0 Å². The summed E-state index contributed by atoms with van der Waals surface area (Å²) in [5.74, 6) is -0.499. The molecule has 2 aromatic rings. The second-order valence-corrected chi connectivity index (χ2v) is 5.63. The van der Waals surface area contributed by atoms with E-state index < -0.39 is 5.78 Å². The van der Waals surface area contributed by atoms with E-state index in [0.29, 0.717) is 4.47 Å². The number of halogens is 4. The number of phenols is 1. The van der Waals surface area contributed by atoms with Crippen LogP contribution in [0.3, 0.4) is 0 Å². The standard InChI is InChI=1S/C11H5Br2Cl2NO2/c12-7-8(14)11(15)16(13)9(7)10(18)5-3-1-2-4-6(5)17/h1-4,17H. The number of phenolic OH excluding ortho intramolecular Hbond substituents is 1. The normalized spacial score (nSPS) is 10.7. The molecule has 1 aromatic carbocycles. The second-order valence-electron chi connectivity index (χ2n) is 3.39. The number of benzene rings is 1. The van der Waals surface area contributed by atoms with Gasteiger partial charge in [0, 0.05) is 0 Å². The number of aromatic hydroxyl groups is 1. The molecule has 2 rings (SSSR count). The van der Waals surface area contributed by atoms with E-state index in [9.17, 15) is 9.90 Å². The van der Waals surface area contributed by atoms with Gasteiger partial charge in [0.25, 0.3) is 0 Å². The SMILES string of the molecule is O=C(c1ccccc1O)c1c(Br)c(Cl)c(Cl)n1Br. The lowest BCUT2D eigenvalue weighted by molar-refractivity contribution is 0.103. The van der Waals surface area contributed by atoms with E-state index in [0.717, 1.165) is 0 Å². The fourth-order valence-corrected chi connectivity index (χ4v) is 3.32.